The number of hydrogen-bond acceptors (Lipinski definition) is 5. The Morgan fingerprint density at radius 2 is 2.00 bits per heavy atom. The molecule has 0 saturated heterocycles. The van der Waals surface area contributed by atoms with Gasteiger partial charge in [0.05, 0.1) is 7.11 Å². The zero-order chi connectivity index (χ0) is 17.6. The van der Waals surface area contributed by atoms with Crippen LogP contribution in [0.2, 0.25) is 0 Å². The number of rotatable bonds is 6. The van der Waals surface area contributed by atoms with Crippen LogP contribution in [0.4, 0.5) is 0 Å². The van der Waals surface area contributed by atoms with E-state index >= 15 is 0 Å². The maximum Gasteiger partial charge on any atom is 0.216 e. The average Bonchev–Trinajstić information content (AvgIpc) is 2.97. The minimum absolute atomic E-state index is 0.247. The van der Waals surface area contributed by atoms with Crippen LogP contribution in [-0.2, 0) is 12.8 Å². The number of methoxy groups -OCH3 is 1. The number of aromatic hydroxyl groups is 1. The molecule has 0 unspecified atom stereocenters. The molecule has 7 heteroatoms. The van der Waals surface area contributed by atoms with Crippen molar-refractivity contribution in [2.24, 2.45) is 5.10 Å². The summed E-state index contributed by atoms with van der Waals surface area (Å²) in [7, 11) is 1.64. The molecule has 0 bridgehead atoms. The van der Waals surface area contributed by atoms with Crippen LogP contribution in [0.1, 0.15) is 17.0 Å². The van der Waals surface area contributed by atoms with Gasteiger partial charge in [0.1, 0.15) is 11.5 Å². The molecular weight excluding hydrogens is 336 g/mol. The molecule has 128 valence electrons. The summed E-state index contributed by atoms with van der Waals surface area (Å²) in [5, 5.41) is 20.8. The zero-order valence-electron chi connectivity index (χ0n) is 13.7. The Hall–Kier alpha value is -2.93. The Morgan fingerprint density at radius 3 is 2.76 bits per heavy atom. The fourth-order valence-corrected chi connectivity index (χ4v) is 2.64. The minimum Gasteiger partial charge on any atom is -0.508 e. The number of hydrogen-bond donors (Lipinski definition) is 2. The average molecular weight is 354 g/mol. The van der Waals surface area contributed by atoms with Crippen LogP contribution in [0, 0.1) is 4.77 Å². The van der Waals surface area contributed by atoms with Gasteiger partial charge in [0.15, 0.2) is 5.82 Å². The third kappa shape index (κ3) is 4.13. The molecule has 25 heavy (non-hydrogen) atoms. The first-order valence-corrected chi connectivity index (χ1v) is 8.17. The molecule has 3 aromatic rings. The van der Waals surface area contributed by atoms with Crippen molar-refractivity contribution in [1.82, 2.24) is 14.9 Å². The van der Waals surface area contributed by atoms with Crippen molar-refractivity contribution in [3.8, 4) is 11.5 Å². The second kappa shape index (κ2) is 7.76. The Bertz CT molecular complexity index is 929. The summed E-state index contributed by atoms with van der Waals surface area (Å²) < 4.78 is 7.43. The summed E-state index contributed by atoms with van der Waals surface area (Å²) in [5.74, 6) is 1.75. The standard InChI is InChI=1S/C18H18N4O2S/c1-24-16-5-3-2-4-14(16)12-17-20-21-18(25)22(17)19-11-10-13-6-8-15(23)9-7-13/h2-9,11,23H,10,12H2,1H3,(H,21,25)/b19-11+. The monoisotopic (exact) mass is 354 g/mol. The lowest BCUT2D eigenvalue weighted by Crippen LogP contribution is -2.02. The number of phenolic OH excluding ortho intramolecular Hbond substituents is 1. The minimum atomic E-state index is 0.247. The van der Waals surface area contributed by atoms with E-state index in [-0.39, 0.29) is 5.75 Å². The predicted octanol–water partition coefficient (Wildman–Crippen LogP) is 3.32. The largest absolute Gasteiger partial charge is 0.508 e. The Balaban J connectivity index is 1.78. The van der Waals surface area contributed by atoms with Gasteiger partial charge in [-0.3, -0.25) is 5.10 Å². The van der Waals surface area contributed by atoms with Crippen LogP contribution >= 0.6 is 12.2 Å². The lowest BCUT2D eigenvalue weighted by molar-refractivity contribution is 0.410. The second-order valence-electron chi connectivity index (χ2n) is 5.41. The molecule has 0 fully saturated rings. The van der Waals surface area contributed by atoms with E-state index < -0.39 is 0 Å². The van der Waals surface area contributed by atoms with Gasteiger partial charge in [-0.1, -0.05) is 30.3 Å². The van der Waals surface area contributed by atoms with E-state index in [1.807, 2.05) is 36.4 Å². The van der Waals surface area contributed by atoms with Gasteiger partial charge in [-0.25, -0.2) is 0 Å². The lowest BCUT2D eigenvalue weighted by Gasteiger charge is -2.07. The number of benzene rings is 2. The third-order valence-electron chi connectivity index (χ3n) is 3.72. The number of phenols is 1. The van der Waals surface area contributed by atoms with Crippen molar-refractivity contribution >= 4 is 18.4 Å². The Kier molecular flexibility index (Phi) is 5.25. The van der Waals surface area contributed by atoms with Crippen molar-refractivity contribution in [3.63, 3.8) is 0 Å². The van der Waals surface area contributed by atoms with Gasteiger partial charge in [-0.2, -0.15) is 14.9 Å². The number of nitrogens with one attached hydrogen (secondary N) is 1. The van der Waals surface area contributed by atoms with E-state index in [9.17, 15) is 5.11 Å². The lowest BCUT2D eigenvalue weighted by atomic mass is 10.1. The number of aromatic nitrogens is 3. The highest BCUT2D eigenvalue weighted by atomic mass is 32.1. The van der Waals surface area contributed by atoms with Gasteiger partial charge in [0, 0.05) is 24.6 Å². The van der Waals surface area contributed by atoms with Crippen LogP contribution in [0.25, 0.3) is 0 Å². The second-order valence-corrected chi connectivity index (χ2v) is 5.80. The topological polar surface area (TPSA) is 75.4 Å². The normalized spacial score (nSPS) is 11.1. The molecule has 1 heterocycles. The number of para-hydroxylation sites is 1. The highest BCUT2D eigenvalue weighted by Gasteiger charge is 2.09. The highest BCUT2D eigenvalue weighted by Crippen LogP contribution is 2.20. The summed E-state index contributed by atoms with van der Waals surface area (Å²) in [6.45, 7) is 0. The van der Waals surface area contributed by atoms with E-state index in [2.05, 4.69) is 15.3 Å². The molecule has 2 aromatic carbocycles. The first-order chi connectivity index (χ1) is 12.2. The van der Waals surface area contributed by atoms with E-state index in [0.29, 0.717) is 23.4 Å². The van der Waals surface area contributed by atoms with Crippen LogP contribution in [0.15, 0.2) is 53.6 Å². The maximum atomic E-state index is 9.31. The number of H-pyrrole nitrogens is 1. The van der Waals surface area contributed by atoms with Gasteiger partial charge >= 0.3 is 0 Å². The maximum absolute atomic E-state index is 9.31. The molecule has 2 N–H and O–H groups in total. The van der Waals surface area contributed by atoms with E-state index in [0.717, 1.165) is 16.9 Å². The predicted molar refractivity (Wildman–Crippen MR) is 98.9 cm³/mol. The smallest absolute Gasteiger partial charge is 0.216 e. The van der Waals surface area contributed by atoms with Crippen molar-refractivity contribution in [1.29, 1.82) is 0 Å². The first kappa shape index (κ1) is 16.9. The molecule has 0 spiro atoms. The van der Waals surface area contributed by atoms with Crippen LogP contribution in [0.5, 0.6) is 11.5 Å². The van der Waals surface area contributed by atoms with Crippen LogP contribution in [0.3, 0.4) is 0 Å². The summed E-state index contributed by atoms with van der Waals surface area (Å²) in [5.41, 5.74) is 2.05. The Labute approximate surface area is 150 Å². The molecule has 3 rings (SSSR count). The van der Waals surface area contributed by atoms with Crippen LogP contribution < -0.4 is 4.74 Å². The van der Waals surface area contributed by atoms with Crippen molar-refractivity contribution in [2.75, 3.05) is 7.11 Å². The summed E-state index contributed by atoms with van der Waals surface area (Å²) in [6, 6.07) is 14.8. The summed E-state index contributed by atoms with van der Waals surface area (Å²) in [4.78, 5) is 0. The van der Waals surface area contributed by atoms with Crippen molar-refractivity contribution in [2.45, 2.75) is 12.8 Å². The van der Waals surface area contributed by atoms with Gasteiger partial charge in [0.25, 0.3) is 0 Å². The van der Waals surface area contributed by atoms with Gasteiger partial charge < -0.3 is 9.84 Å². The number of nitrogens with zero attached hydrogens (tertiary/aromatic N) is 3. The molecule has 0 radical (unpaired) electrons. The molecule has 0 aliphatic carbocycles. The third-order valence-corrected chi connectivity index (χ3v) is 3.98. The Morgan fingerprint density at radius 1 is 1.24 bits per heavy atom. The molecular formula is C18H18N4O2S. The van der Waals surface area contributed by atoms with Gasteiger partial charge in [-0.05, 0) is 36.0 Å². The van der Waals surface area contributed by atoms with Crippen molar-refractivity contribution in [3.05, 3.63) is 70.3 Å². The fraction of sp³-hybridized carbons (Fsp3) is 0.167. The van der Waals surface area contributed by atoms with Crippen molar-refractivity contribution < 1.29 is 9.84 Å². The SMILES string of the molecule is COc1ccccc1Cc1n[nH]c(=S)n1/N=C/Cc1ccc(O)cc1. The molecule has 0 saturated carbocycles. The van der Waals surface area contributed by atoms with Crippen LogP contribution in [-0.4, -0.2) is 33.3 Å². The summed E-state index contributed by atoms with van der Waals surface area (Å²) >= 11 is 5.26. The first-order valence-electron chi connectivity index (χ1n) is 7.76. The summed E-state index contributed by atoms with van der Waals surface area (Å²) in [6.07, 6.45) is 2.94. The molecule has 1 aromatic heterocycles. The van der Waals surface area contributed by atoms with Gasteiger partial charge in [0.2, 0.25) is 4.77 Å². The zero-order valence-corrected chi connectivity index (χ0v) is 14.5. The molecule has 0 aliphatic heterocycles. The number of aromatic amines is 1. The fourth-order valence-electron chi connectivity index (χ4n) is 2.44. The molecule has 0 amide bonds. The van der Waals surface area contributed by atoms with E-state index in [4.69, 9.17) is 17.0 Å². The highest BCUT2D eigenvalue weighted by molar-refractivity contribution is 7.71. The number of ether oxygens (including phenoxy) is 1. The molecule has 0 aliphatic rings. The van der Waals surface area contributed by atoms with Gasteiger partial charge in [-0.15, -0.1) is 0 Å². The van der Waals surface area contributed by atoms with E-state index in [1.54, 1.807) is 30.1 Å². The quantitative estimate of drug-likeness (QED) is 0.526. The van der Waals surface area contributed by atoms with E-state index in [1.165, 1.54) is 0 Å². The molecule has 0 atom stereocenters. The molecule has 6 nitrogen and oxygen atoms in total.